The molecule has 1 saturated heterocycles. The van der Waals surface area contributed by atoms with Gasteiger partial charge in [-0.25, -0.2) is 4.39 Å². The molecule has 2 aromatic carbocycles. The Kier molecular flexibility index (Phi) is 6.52. The molecule has 0 aromatic heterocycles. The van der Waals surface area contributed by atoms with Gasteiger partial charge in [-0.2, -0.15) is 0 Å². The molecule has 1 fully saturated rings. The lowest BCUT2D eigenvalue weighted by Gasteiger charge is -2.35. The topological polar surface area (TPSA) is 133 Å². The zero-order valence-corrected chi connectivity index (χ0v) is 22.6. The molecule has 3 aliphatic rings. The Morgan fingerprint density at radius 1 is 1.12 bits per heavy atom. The fourth-order valence-electron chi connectivity index (χ4n) is 5.80. The van der Waals surface area contributed by atoms with Crippen LogP contribution in [-0.4, -0.2) is 57.5 Å². The van der Waals surface area contributed by atoms with Crippen molar-refractivity contribution >= 4 is 23.3 Å². The van der Waals surface area contributed by atoms with Crippen LogP contribution in [0.2, 0.25) is 0 Å². The Labute approximate surface area is 229 Å². The van der Waals surface area contributed by atoms with Crippen LogP contribution in [-0.2, 0) is 15.0 Å². The molecule has 3 N–H and O–H groups in total. The molecule has 2 atom stereocenters. The van der Waals surface area contributed by atoms with Gasteiger partial charge in [-0.05, 0) is 64.8 Å². The van der Waals surface area contributed by atoms with E-state index in [0.29, 0.717) is 37.2 Å². The molecule has 1 aliphatic carbocycles. The largest absolute Gasteiger partial charge is 0.507 e. The summed E-state index contributed by atoms with van der Waals surface area (Å²) in [6.45, 7) is 6.60. The van der Waals surface area contributed by atoms with E-state index in [9.17, 15) is 33.8 Å². The highest BCUT2D eigenvalue weighted by Crippen LogP contribution is 2.57. The molecule has 9 nitrogen and oxygen atoms in total. The molecule has 0 radical (unpaired) electrons. The van der Waals surface area contributed by atoms with Crippen molar-refractivity contribution in [3.63, 3.8) is 0 Å². The van der Waals surface area contributed by atoms with Crippen molar-refractivity contribution in [3.8, 4) is 17.2 Å². The van der Waals surface area contributed by atoms with Crippen LogP contribution in [0.25, 0.3) is 0 Å². The van der Waals surface area contributed by atoms with Crippen molar-refractivity contribution in [2.75, 3.05) is 13.1 Å². The van der Waals surface area contributed by atoms with Crippen LogP contribution < -0.4 is 10.1 Å². The average molecular weight is 549 g/mol. The standard InChI is InChI=1S/C30H29FN2O7/c1-14-25(36)23(16(3)34)27-24(26(14)37)30(4)21(40-27)12-20(35)22(28(30)38)15(2)32-19-6-5-11-33(13-19)29(39)17-7-9-18(31)10-8-17/h7-10,12,19,32,36-37H,5-6,11,13H2,1-4H3/t19?,30-/m0/s1. The first-order chi connectivity index (χ1) is 18.9. The SMILES string of the molecule is CC(=O)c1c(O)c(C)c(O)c2c1OC1=CC(=O)C(=C(C)NC3CCCN(C(=O)c4ccc(F)cc4)C3)C(=O)[C@@]12C. The second-order valence-electron chi connectivity index (χ2n) is 10.6. The van der Waals surface area contributed by atoms with Crippen LogP contribution in [0.15, 0.2) is 47.4 Å². The van der Waals surface area contributed by atoms with Crippen LogP contribution >= 0.6 is 0 Å². The zero-order chi connectivity index (χ0) is 29.1. The fraction of sp³-hybridized carbons (Fsp3) is 0.333. The summed E-state index contributed by atoms with van der Waals surface area (Å²) in [4.78, 5) is 54.2. The summed E-state index contributed by atoms with van der Waals surface area (Å²) in [7, 11) is 0. The van der Waals surface area contributed by atoms with E-state index in [1.54, 1.807) is 11.8 Å². The Morgan fingerprint density at radius 3 is 2.45 bits per heavy atom. The molecule has 0 bridgehead atoms. The maximum Gasteiger partial charge on any atom is 0.253 e. The molecule has 0 spiro atoms. The highest BCUT2D eigenvalue weighted by Gasteiger charge is 2.56. The fourth-order valence-corrected chi connectivity index (χ4v) is 5.80. The second-order valence-corrected chi connectivity index (χ2v) is 10.6. The highest BCUT2D eigenvalue weighted by molar-refractivity contribution is 6.31. The molecule has 1 unspecified atom stereocenters. The van der Waals surface area contributed by atoms with Gasteiger partial charge in [0.15, 0.2) is 17.3 Å². The van der Waals surface area contributed by atoms with E-state index in [4.69, 9.17) is 4.74 Å². The molecule has 208 valence electrons. The first-order valence-corrected chi connectivity index (χ1v) is 13.0. The number of hydrogen-bond donors (Lipinski definition) is 3. The number of hydrogen-bond acceptors (Lipinski definition) is 8. The summed E-state index contributed by atoms with van der Waals surface area (Å²) in [5, 5.41) is 24.7. The molecule has 2 aromatic rings. The van der Waals surface area contributed by atoms with E-state index in [-0.39, 0.29) is 45.7 Å². The lowest BCUT2D eigenvalue weighted by molar-refractivity contribution is -0.123. The van der Waals surface area contributed by atoms with Crippen LogP contribution in [0.5, 0.6) is 17.2 Å². The quantitative estimate of drug-likeness (QED) is 0.300. The Bertz CT molecular complexity index is 1560. The minimum absolute atomic E-state index is 0.0215. The molecule has 2 heterocycles. The number of rotatable bonds is 4. The predicted octanol–water partition coefficient (Wildman–Crippen LogP) is 3.60. The van der Waals surface area contributed by atoms with Gasteiger partial charge in [0.25, 0.3) is 5.91 Å². The summed E-state index contributed by atoms with van der Waals surface area (Å²) < 4.78 is 19.1. The minimum Gasteiger partial charge on any atom is -0.507 e. The van der Waals surface area contributed by atoms with E-state index in [1.807, 2.05) is 0 Å². The minimum atomic E-state index is -1.61. The molecule has 5 rings (SSSR count). The average Bonchev–Trinajstić information content (AvgIpc) is 3.20. The van der Waals surface area contributed by atoms with Gasteiger partial charge in [-0.3, -0.25) is 19.2 Å². The molecule has 2 aliphatic heterocycles. The number of ether oxygens (including phenoxy) is 1. The first-order valence-electron chi connectivity index (χ1n) is 13.0. The van der Waals surface area contributed by atoms with E-state index in [2.05, 4.69) is 5.32 Å². The first kappa shape index (κ1) is 27.1. The van der Waals surface area contributed by atoms with Crippen LogP contribution in [0.3, 0.4) is 0 Å². The number of carbonyl (C=O) groups excluding carboxylic acids is 4. The zero-order valence-electron chi connectivity index (χ0n) is 22.6. The van der Waals surface area contributed by atoms with E-state index in [0.717, 1.165) is 0 Å². The van der Waals surface area contributed by atoms with Gasteiger partial charge in [-0.1, -0.05) is 0 Å². The highest BCUT2D eigenvalue weighted by atomic mass is 19.1. The van der Waals surface area contributed by atoms with E-state index in [1.165, 1.54) is 51.1 Å². The number of ketones is 3. The summed E-state index contributed by atoms with van der Waals surface area (Å²) in [5.74, 6) is -3.44. The number of halogens is 1. The number of amides is 1. The number of piperidine rings is 1. The smallest absolute Gasteiger partial charge is 0.253 e. The summed E-state index contributed by atoms with van der Waals surface area (Å²) in [6, 6.07) is 5.07. The van der Waals surface area contributed by atoms with Crippen molar-refractivity contribution in [1.82, 2.24) is 10.2 Å². The monoisotopic (exact) mass is 548 g/mol. The van der Waals surface area contributed by atoms with Gasteiger partial charge < -0.3 is 25.2 Å². The van der Waals surface area contributed by atoms with Crippen molar-refractivity contribution in [2.24, 2.45) is 0 Å². The summed E-state index contributed by atoms with van der Waals surface area (Å²) in [6.07, 6.45) is 2.54. The normalized spacial score (nSPS) is 23.2. The van der Waals surface area contributed by atoms with Gasteiger partial charge in [0.2, 0.25) is 0 Å². The third-order valence-corrected chi connectivity index (χ3v) is 7.98. The van der Waals surface area contributed by atoms with Crippen LogP contribution in [0.4, 0.5) is 4.39 Å². The third-order valence-electron chi connectivity index (χ3n) is 7.98. The number of likely N-dealkylation sites (tertiary alicyclic amines) is 1. The van der Waals surface area contributed by atoms with Crippen molar-refractivity contribution in [1.29, 1.82) is 0 Å². The van der Waals surface area contributed by atoms with Gasteiger partial charge in [-0.15, -0.1) is 0 Å². The Balaban J connectivity index is 1.47. The number of benzene rings is 2. The molecule has 10 heteroatoms. The molecule has 0 saturated carbocycles. The third kappa shape index (κ3) is 4.06. The lowest BCUT2D eigenvalue weighted by atomic mass is 9.70. The Hall–Kier alpha value is -4.47. The van der Waals surface area contributed by atoms with Crippen LogP contribution in [0, 0.1) is 12.7 Å². The van der Waals surface area contributed by atoms with Crippen molar-refractivity contribution in [2.45, 2.75) is 52.0 Å². The number of allylic oxidation sites excluding steroid dienone is 4. The van der Waals surface area contributed by atoms with Gasteiger partial charge in [0, 0.05) is 42.0 Å². The molecular formula is C30H29FN2O7. The second kappa shape index (κ2) is 9.62. The van der Waals surface area contributed by atoms with Gasteiger partial charge in [0.1, 0.15) is 39.8 Å². The molecule has 40 heavy (non-hydrogen) atoms. The Morgan fingerprint density at radius 2 is 1.80 bits per heavy atom. The maximum absolute atomic E-state index is 14.0. The number of phenolic OH excluding ortho intramolecular Hbond substituents is 2. The van der Waals surface area contributed by atoms with Crippen LogP contribution in [0.1, 0.15) is 65.5 Å². The molecular weight excluding hydrogens is 519 g/mol. The summed E-state index contributed by atoms with van der Waals surface area (Å²) in [5.41, 5.74) is -1.18. The lowest BCUT2D eigenvalue weighted by Crippen LogP contribution is -2.48. The number of carbonyl (C=O) groups is 4. The van der Waals surface area contributed by atoms with E-state index >= 15 is 0 Å². The number of aromatic hydroxyl groups is 2. The van der Waals surface area contributed by atoms with Gasteiger partial charge in [0.05, 0.1) is 11.1 Å². The van der Waals surface area contributed by atoms with Crippen molar-refractivity contribution in [3.05, 3.63) is 75.4 Å². The maximum atomic E-state index is 14.0. The summed E-state index contributed by atoms with van der Waals surface area (Å²) >= 11 is 0. The number of nitrogens with one attached hydrogen (secondary N) is 1. The number of Topliss-reactive ketones (excluding diaryl/α,β-unsaturated/α-hetero) is 2. The number of fused-ring (bicyclic) bond motifs is 3. The molecule has 1 amide bonds. The number of nitrogens with zero attached hydrogens (tertiary/aromatic N) is 1. The number of phenols is 2. The van der Waals surface area contributed by atoms with E-state index < -0.39 is 40.1 Å². The van der Waals surface area contributed by atoms with Crippen molar-refractivity contribution < 1.29 is 38.5 Å². The van der Waals surface area contributed by atoms with Gasteiger partial charge >= 0.3 is 0 Å². The predicted molar refractivity (Wildman–Crippen MR) is 142 cm³/mol.